The molecule has 8 aromatic rings. The summed E-state index contributed by atoms with van der Waals surface area (Å²) >= 11 is 0. The third-order valence-corrected chi connectivity index (χ3v) is 7.88. The number of fused-ring (bicyclic) bond motifs is 6. The molecule has 0 spiro atoms. The Labute approximate surface area is 240 Å². The molecule has 8 rings (SSSR count). The molecule has 0 saturated heterocycles. The van der Waals surface area contributed by atoms with Gasteiger partial charge >= 0.3 is 0 Å². The van der Waals surface area contributed by atoms with Gasteiger partial charge < -0.3 is 4.57 Å². The second-order valence-corrected chi connectivity index (χ2v) is 10.1. The first kappa shape index (κ1) is 23.6. The molecule has 3 heterocycles. The summed E-state index contributed by atoms with van der Waals surface area (Å²) in [7, 11) is 0. The molecule has 6 nitrogen and oxygen atoms in total. The van der Waals surface area contributed by atoms with Crippen molar-refractivity contribution in [1.82, 2.24) is 19.1 Å². The summed E-state index contributed by atoms with van der Waals surface area (Å²) in [6.45, 7) is 0. The molecule has 0 amide bonds. The van der Waals surface area contributed by atoms with Crippen LogP contribution >= 0.6 is 0 Å². The Balaban J connectivity index is 1.43. The maximum Gasteiger partial charge on any atom is 0.237 e. The minimum absolute atomic E-state index is 0.145. The molecular formula is C36H20N6. The van der Waals surface area contributed by atoms with E-state index in [0.29, 0.717) is 17.1 Å². The molecule has 194 valence electrons. The molecule has 0 aliphatic rings. The Bertz CT molecular complexity index is 2310. The standard InChI is InChI=1S/C36H20N6/c37-21-28-35(27-15-5-10-20-34(27)41-30-16-6-1-11-23(30)24-12-2-7-17-31(24)41)29(22-38)40-36(39-28)42-32-18-8-3-13-25(32)26-14-4-9-19-33(26)42/h1-20H. The van der Waals surface area contributed by atoms with E-state index in [9.17, 15) is 10.5 Å². The Morgan fingerprint density at radius 3 is 1.29 bits per heavy atom. The molecule has 0 fully saturated rings. The first-order valence-electron chi connectivity index (χ1n) is 13.6. The van der Waals surface area contributed by atoms with Gasteiger partial charge in [-0.05, 0) is 30.3 Å². The third-order valence-electron chi connectivity index (χ3n) is 7.88. The van der Waals surface area contributed by atoms with Crippen molar-refractivity contribution in [3.63, 3.8) is 0 Å². The predicted octanol–water partition coefficient (Wildman–Crippen LogP) is 8.08. The summed E-state index contributed by atoms with van der Waals surface area (Å²) in [5, 5.41) is 25.2. The number of hydrogen-bond donors (Lipinski definition) is 0. The highest BCUT2D eigenvalue weighted by molar-refractivity contribution is 6.10. The Morgan fingerprint density at radius 1 is 0.452 bits per heavy atom. The summed E-state index contributed by atoms with van der Waals surface area (Å²) in [6, 6.07) is 44.9. The molecule has 0 bridgehead atoms. The molecule has 3 aromatic heterocycles. The van der Waals surface area contributed by atoms with E-state index < -0.39 is 0 Å². The van der Waals surface area contributed by atoms with Crippen LogP contribution in [0.5, 0.6) is 0 Å². The monoisotopic (exact) mass is 536 g/mol. The van der Waals surface area contributed by atoms with Gasteiger partial charge in [0.25, 0.3) is 0 Å². The zero-order valence-electron chi connectivity index (χ0n) is 22.2. The molecule has 0 radical (unpaired) electrons. The van der Waals surface area contributed by atoms with Gasteiger partial charge in [0.1, 0.15) is 12.1 Å². The van der Waals surface area contributed by atoms with Crippen LogP contribution in [-0.2, 0) is 0 Å². The van der Waals surface area contributed by atoms with E-state index >= 15 is 0 Å². The topological polar surface area (TPSA) is 83.2 Å². The van der Waals surface area contributed by atoms with Crippen LogP contribution in [0.15, 0.2) is 121 Å². The summed E-state index contributed by atoms with van der Waals surface area (Å²) in [4.78, 5) is 9.59. The second kappa shape index (κ2) is 9.16. The van der Waals surface area contributed by atoms with Crippen molar-refractivity contribution >= 4 is 43.6 Å². The van der Waals surface area contributed by atoms with Crippen LogP contribution in [0.4, 0.5) is 0 Å². The Kier molecular flexibility index (Phi) is 5.15. The van der Waals surface area contributed by atoms with Crippen molar-refractivity contribution in [2.24, 2.45) is 0 Å². The number of aromatic nitrogens is 4. The van der Waals surface area contributed by atoms with Gasteiger partial charge in [0.2, 0.25) is 5.95 Å². The molecule has 0 N–H and O–H groups in total. The van der Waals surface area contributed by atoms with Crippen molar-refractivity contribution in [3.05, 3.63) is 133 Å². The van der Waals surface area contributed by atoms with E-state index in [2.05, 4.69) is 53.1 Å². The first-order valence-corrected chi connectivity index (χ1v) is 13.6. The van der Waals surface area contributed by atoms with Crippen LogP contribution in [0.1, 0.15) is 11.4 Å². The average molecular weight is 537 g/mol. The van der Waals surface area contributed by atoms with Crippen molar-refractivity contribution in [2.75, 3.05) is 0 Å². The number of rotatable bonds is 3. The van der Waals surface area contributed by atoms with Gasteiger partial charge in [0, 0.05) is 27.1 Å². The third kappa shape index (κ3) is 3.30. The summed E-state index contributed by atoms with van der Waals surface area (Å²) in [6.07, 6.45) is 0. The highest BCUT2D eigenvalue weighted by Gasteiger charge is 2.23. The number of nitrogens with zero attached hydrogens (tertiary/aromatic N) is 6. The quantitative estimate of drug-likeness (QED) is 0.228. The fraction of sp³-hybridized carbons (Fsp3) is 0. The van der Waals surface area contributed by atoms with Gasteiger partial charge in [-0.1, -0.05) is 91.0 Å². The van der Waals surface area contributed by atoms with Gasteiger partial charge in [0.15, 0.2) is 11.4 Å². The lowest BCUT2D eigenvalue weighted by Gasteiger charge is -2.16. The smallest absolute Gasteiger partial charge is 0.237 e. The lowest BCUT2D eigenvalue weighted by molar-refractivity contribution is 0.970. The average Bonchev–Trinajstić information content (AvgIpc) is 3.57. The summed E-state index contributed by atoms with van der Waals surface area (Å²) in [5.74, 6) is 0.290. The number of nitriles is 2. The van der Waals surface area contributed by atoms with Crippen LogP contribution in [0.3, 0.4) is 0 Å². The van der Waals surface area contributed by atoms with Crippen LogP contribution in [0.2, 0.25) is 0 Å². The van der Waals surface area contributed by atoms with Crippen molar-refractivity contribution < 1.29 is 0 Å². The minimum Gasteiger partial charge on any atom is -0.309 e. The maximum absolute atomic E-state index is 10.4. The van der Waals surface area contributed by atoms with Crippen LogP contribution in [0, 0.1) is 22.7 Å². The van der Waals surface area contributed by atoms with Gasteiger partial charge in [-0.2, -0.15) is 10.5 Å². The Hall–Kier alpha value is -6.24. The van der Waals surface area contributed by atoms with E-state index in [0.717, 1.165) is 49.3 Å². The largest absolute Gasteiger partial charge is 0.309 e. The van der Waals surface area contributed by atoms with Gasteiger partial charge in [-0.3, -0.25) is 4.57 Å². The van der Waals surface area contributed by atoms with Crippen LogP contribution in [-0.4, -0.2) is 19.1 Å². The van der Waals surface area contributed by atoms with Crippen molar-refractivity contribution in [3.8, 4) is 34.9 Å². The van der Waals surface area contributed by atoms with E-state index in [4.69, 9.17) is 9.97 Å². The molecule has 5 aromatic carbocycles. The Morgan fingerprint density at radius 2 is 0.833 bits per heavy atom. The SMILES string of the molecule is N#Cc1nc(-n2c3ccccc3c3ccccc32)nc(C#N)c1-c1ccccc1-n1c2ccccc2c2ccccc21. The first-order chi connectivity index (χ1) is 20.8. The van der Waals surface area contributed by atoms with E-state index in [1.165, 1.54) is 0 Å². The van der Waals surface area contributed by atoms with E-state index in [1.807, 2.05) is 89.5 Å². The van der Waals surface area contributed by atoms with Gasteiger partial charge in [0.05, 0.1) is 33.3 Å². The molecular weight excluding hydrogens is 516 g/mol. The highest BCUT2D eigenvalue weighted by Crippen LogP contribution is 2.38. The zero-order chi connectivity index (χ0) is 28.2. The van der Waals surface area contributed by atoms with E-state index in [1.54, 1.807) is 0 Å². The minimum atomic E-state index is 0.145. The lowest BCUT2D eigenvalue weighted by Crippen LogP contribution is -2.08. The van der Waals surface area contributed by atoms with E-state index in [-0.39, 0.29) is 11.4 Å². The fourth-order valence-electron chi connectivity index (χ4n) is 6.17. The summed E-state index contributed by atoms with van der Waals surface area (Å²) in [5.41, 5.74) is 6.15. The predicted molar refractivity (Wildman–Crippen MR) is 166 cm³/mol. The number of benzene rings is 5. The summed E-state index contributed by atoms with van der Waals surface area (Å²) < 4.78 is 4.11. The fourth-order valence-corrected chi connectivity index (χ4v) is 6.17. The highest BCUT2D eigenvalue weighted by atomic mass is 15.2. The lowest BCUT2D eigenvalue weighted by atomic mass is 10.00. The number of para-hydroxylation sites is 5. The molecule has 42 heavy (non-hydrogen) atoms. The molecule has 0 atom stereocenters. The molecule has 0 aliphatic heterocycles. The van der Waals surface area contributed by atoms with Gasteiger partial charge in [-0.15, -0.1) is 0 Å². The zero-order valence-corrected chi connectivity index (χ0v) is 22.2. The molecule has 0 aliphatic carbocycles. The van der Waals surface area contributed by atoms with Crippen LogP contribution < -0.4 is 0 Å². The molecule has 0 saturated carbocycles. The van der Waals surface area contributed by atoms with Gasteiger partial charge in [-0.25, -0.2) is 9.97 Å². The second-order valence-electron chi connectivity index (χ2n) is 10.1. The number of hydrogen-bond acceptors (Lipinski definition) is 4. The normalized spacial score (nSPS) is 11.3. The van der Waals surface area contributed by atoms with Crippen LogP contribution in [0.25, 0.3) is 66.4 Å². The maximum atomic E-state index is 10.4. The van der Waals surface area contributed by atoms with Crippen molar-refractivity contribution in [1.29, 1.82) is 10.5 Å². The molecule has 0 unspecified atom stereocenters. The molecule has 6 heteroatoms. The van der Waals surface area contributed by atoms with Crippen molar-refractivity contribution in [2.45, 2.75) is 0 Å².